The van der Waals surface area contributed by atoms with Crippen LogP contribution in [0, 0.1) is 5.92 Å². The normalized spacial score (nSPS) is 15.0. The molecule has 3 aromatic rings. The van der Waals surface area contributed by atoms with Crippen LogP contribution in [0.5, 0.6) is 5.75 Å². The molecule has 9 heteroatoms. The Morgan fingerprint density at radius 1 is 0.829 bits per heavy atom. The molecule has 1 aliphatic carbocycles. The number of benzene rings is 3. The fraction of sp³-hybridized carbons (Fsp3) is 0.344. The molecule has 0 radical (unpaired) electrons. The second kappa shape index (κ2) is 13.2. The molecule has 1 aliphatic heterocycles. The van der Waals surface area contributed by atoms with Crippen LogP contribution in [0.25, 0.3) is 0 Å². The van der Waals surface area contributed by atoms with Gasteiger partial charge in [-0.25, -0.2) is 4.79 Å². The number of nitrogens with zero attached hydrogens (tertiary/aromatic N) is 3. The Kier molecular flexibility index (Phi) is 9.03. The van der Waals surface area contributed by atoms with Crippen LogP contribution in [0.1, 0.15) is 24.8 Å². The third-order valence-corrected chi connectivity index (χ3v) is 7.74. The molecule has 3 aromatic carbocycles. The molecule has 1 heterocycles. The molecule has 0 spiro atoms. The van der Waals surface area contributed by atoms with E-state index in [2.05, 4.69) is 15.5 Å². The molecular formula is C32H37N5O4. The minimum absolute atomic E-state index is 0.0204. The lowest BCUT2D eigenvalue weighted by molar-refractivity contribution is -0.141. The van der Waals surface area contributed by atoms with E-state index in [4.69, 9.17) is 4.74 Å². The first kappa shape index (κ1) is 28.0. The van der Waals surface area contributed by atoms with Crippen LogP contribution >= 0.6 is 0 Å². The first-order valence-corrected chi connectivity index (χ1v) is 14.2. The number of anilines is 3. The summed E-state index contributed by atoms with van der Waals surface area (Å²) < 4.78 is 5.16. The van der Waals surface area contributed by atoms with Gasteiger partial charge in [-0.1, -0.05) is 36.8 Å². The zero-order valence-electron chi connectivity index (χ0n) is 23.4. The molecule has 2 fully saturated rings. The maximum Gasteiger partial charge on any atom is 0.321 e. The second-order valence-corrected chi connectivity index (χ2v) is 10.5. The molecule has 0 aromatic heterocycles. The Morgan fingerprint density at radius 3 is 2.07 bits per heavy atom. The number of amides is 4. The van der Waals surface area contributed by atoms with E-state index in [9.17, 15) is 14.4 Å². The van der Waals surface area contributed by atoms with Crippen molar-refractivity contribution in [2.75, 3.05) is 55.4 Å². The minimum Gasteiger partial charge on any atom is -0.497 e. The van der Waals surface area contributed by atoms with Gasteiger partial charge in [0.15, 0.2) is 0 Å². The van der Waals surface area contributed by atoms with Crippen molar-refractivity contribution in [3.8, 4) is 5.75 Å². The summed E-state index contributed by atoms with van der Waals surface area (Å²) in [6, 6.07) is 24.6. The lowest BCUT2D eigenvalue weighted by Crippen LogP contribution is -2.50. The van der Waals surface area contributed by atoms with E-state index in [1.807, 2.05) is 78.9 Å². The van der Waals surface area contributed by atoms with E-state index in [-0.39, 0.29) is 30.3 Å². The molecule has 1 saturated carbocycles. The highest BCUT2D eigenvalue weighted by Gasteiger charge is 2.30. The van der Waals surface area contributed by atoms with E-state index in [0.717, 1.165) is 42.0 Å². The summed E-state index contributed by atoms with van der Waals surface area (Å²) >= 11 is 0. The number of piperazine rings is 1. The highest BCUT2D eigenvalue weighted by Crippen LogP contribution is 2.29. The lowest BCUT2D eigenvalue weighted by atomic mass is 9.84. The Balaban J connectivity index is 1.11. The summed E-state index contributed by atoms with van der Waals surface area (Å²) in [5, 5.41) is 5.89. The molecule has 5 rings (SSSR count). The SMILES string of the molecule is COc1ccc(NC(=O)N2CCN(c3ccc(NC(=O)CN(Cc4ccccc4)C(=O)C4CCC4)cc3)CC2)cc1. The van der Waals surface area contributed by atoms with Gasteiger partial charge in [0.05, 0.1) is 7.11 Å². The Morgan fingerprint density at radius 2 is 1.46 bits per heavy atom. The second-order valence-electron chi connectivity index (χ2n) is 10.5. The molecule has 0 bridgehead atoms. The molecule has 0 unspecified atom stereocenters. The van der Waals surface area contributed by atoms with Gasteiger partial charge in [-0.2, -0.15) is 0 Å². The number of hydrogen-bond acceptors (Lipinski definition) is 5. The van der Waals surface area contributed by atoms with Crippen molar-refractivity contribution in [1.82, 2.24) is 9.80 Å². The van der Waals surface area contributed by atoms with Crippen LogP contribution in [-0.2, 0) is 16.1 Å². The first-order valence-electron chi connectivity index (χ1n) is 14.2. The van der Waals surface area contributed by atoms with Crippen LogP contribution in [-0.4, -0.2) is 67.5 Å². The first-order chi connectivity index (χ1) is 20.0. The fourth-order valence-electron chi connectivity index (χ4n) is 5.10. The lowest BCUT2D eigenvalue weighted by Gasteiger charge is -2.36. The summed E-state index contributed by atoms with van der Waals surface area (Å²) in [6.45, 7) is 3.07. The van der Waals surface area contributed by atoms with Crippen LogP contribution < -0.4 is 20.3 Å². The van der Waals surface area contributed by atoms with Crippen molar-refractivity contribution in [2.45, 2.75) is 25.8 Å². The molecule has 0 atom stereocenters. The summed E-state index contributed by atoms with van der Waals surface area (Å²) in [5.74, 6) is 0.617. The number of carbonyl (C=O) groups is 3. The molecule has 1 saturated heterocycles. The van der Waals surface area contributed by atoms with E-state index in [0.29, 0.717) is 38.4 Å². The molecular weight excluding hydrogens is 518 g/mol. The van der Waals surface area contributed by atoms with Crippen molar-refractivity contribution in [2.24, 2.45) is 5.92 Å². The standard InChI is InChI=1S/C32H37N5O4/c1-41-29-16-12-27(13-17-29)34-32(40)36-20-18-35(19-21-36)28-14-10-26(11-15-28)33-30(38)23-37(31(39)25-8-5-9-25)22-24-6-3-2-4-7-24/h2-4,6-7,10-17,25H,5,8-9,18-23H2,1H3,(H,33,38)(H,34,40). The number of carbonyl (C=O) groups excluding carboxylic acids is 3. The minimum atomic E-state index is -0.210. The third kappa shape index (κ3) is 7.36. The van der Waals surface area contributed by atoms with Gasteiger partial charge in [0.1, 0.15) is 12.3 Å². The van der Waals surface area contributed by atoms with E-state index in [1.165, 1.54) is 0 Å². The highest BCUT2D eigenvalue weighted by atomic mass is 16.5. The number of rotatable bonds is 9. The van der Waals surface area contributed by atoms with Crippen molar-refractivity contribution in [1.29, 1.82) is 0 Å². The van der Waals surface area contributed by atoms with Crippen LogP contribution in [0.15, 0.2) is 78.9 Å². The summed E-state index contributed by atoms with van der Waals surface area (Å²) in [7, 11) is 1.61. The Hall–Kier alpha value is -4.53. The quantitative estimate of drug-likeness (QED) is 0.395. The van der Waals surface area contributed by atoms with Crippen molar-refractivity contribution in [3.63, 3.8) is 0 Å². The van der Waals surface area contributed by atoms with Crippen molar-refractivity contribution in [3.05, 3.63) is 84.4 Å². The van der Waals surface area contributed by atoms with E-state index in [1.54, 1.807) is 16.9 Å². The highest BCUT2D eigenvalue weighted by molar-refractivity contribution is 5.95. The maximum atomic E-state index is 13.0. The zero-order chi connectivity index (χ0) is 28.6. The molecule has 214 valence electrons. The topological polar surface area (TPSA) is 94.2 Å². The molecule has 41 heavy (non-hydrogen) atoms. The van der Waals surface area contributed by atoms with Gasteiger partial charge < -0.3 is 30.1 Å². The monoisotopic (exact) mass is 555 g/mol. The third-order valence-electron chi connectivity index (χ3n) is 7.74. The smallest absolute Gasteiger partial charge is 0.321 e. The summed E-state index contributed by atoms with van der Waals surface area (Å²) in [5.41, 5.74) is 3.46. The zero-order valence-corrected chi connectivity index (χ0v) is 23.4. The van der Waals surface area contributed by atoms with Crippen LogP contribution in [0.4, 0.5) is 21.9 Å². The number of ether oxygens (including phenoxy) is 1. The van der Waals surface area contributed by atoms with Gasteiger partial charge in [-0.15, -0.1) is 0 Å². The summed E-state index contributed by atoms with van der Waals surface area (Å²) in [6.07, 6.45) is 2.86. The van der Waals surface area contributed by atoms with Gasteiger partial charge >= 0.3 is 6.03 Å². The van der Waals surface area contributed by atoms with Crippen molar-refractivity contribution >= 4 is 34.9 Å². The predicted octanol–water partition coefficient (Wildman–Crippen LogP) is 4.82. The van der Waals surface area contributed by atoms with Crippen LogP contribution in [0.3, 0.4) is 0 Å². The average molecular weight is 556 g/mol. The van der Waals surface area contributed by atoms with E-state index >= 15 is 0 Å². The van der Waals surface area contributed by atoms with E-state index < -0.39 is 0 Å². The Bertz CT molecular complexity index is 1320. The van der Waals surface area contributed by atoms with Crippen molar-refractivity contribution < 1.29 is 19.1 Å². The maximum absolute atomic E-state index is 13.0. The number of nitrogens with one attached hydrogen (secondary N) is 2. The Labute approximate surface area is 241 Å². The predicted molar refractivity (Wildman–Crippen MR) is 160 cm³/mol. The average Bonchev–Trinajstić information content (AvgIpc) is 2.97. The number of hydrogen-bond donors (Lipinski definition) is 2. The van der Waals surface area contributed by atoms with Gasteiger partial charge in [0, 0.05) is 55.7 Å². The molecule has 2 aliphatic rings. The fourth-order valence-corrected chi connectivity index (χ4v) is 5.10. The molecule has 4 amide bonds. The van der Waals surface area contributed by atoms with Crippen LogP contribution in [0.2, 0.25) is 0 Å². The molecule has 2 N–H and O–H groups in total. The molecule has 9 nitrogen and oxygen atoms in total. The van der Waals surface area contributed by atoms with Gasteiger partial charge in [-0.3, -0.25) is 9.59 Å². The largest absolute Gasteiger partial charge is 0.497 e. The van der Waals surface area contributed by atoms with Gasteiger partial charge in [0.25, 0.3) is 0 Å². The number of methoxy groups -OCH3 is 1. The van der Waals surface area contributed by atoms with Gasteiger partial charge in [0.2, 0.25) is 11.8 Å². The number of urea groups is 1. The van der Waals surface area contributed by atoms with Gasteiger partial charge in [-0.05, 0) is 66.9 Å². The summed E-state index contributed by atoms with van der Waals surface area (Å²) in [4.78, 5) is 44.4.